The number of hydrogen-bond donors (Lipinski definition) is 2. The zero-order chi connectivity index (χ0) is 10.1. The van der Waals surface area contributed by atoms with E-state index in [1.165, 1.54) is 18.4 Å². The maximum Gasteiger partial charge on any atom is 0.307 e. The molecule has 0 amide bonds. The number of allylic oxidation sites excluding steroid dienone is 1. The highest BCUT2D eigenvalue weighted by Crippen LogP contribution is 2.51. The van der Waals surface area contributed by atoms with E-state index in [9.17, 15) is 14.3 Å². The van der Waals surface area contributed by atoms with Gasteiger partial charge in [0.15, 0.2) is 0 Å². The molecule has 0 aliphatic carbocycles. The molecule has 0 saturated carbocycles. The van der Waals surface area contributed by atoms with E-state index in [0.29, 0.717) is 11.1 Å². The second-order valence-corrected chi connectivity index (χ2v) is 6.30. The molecule has 0 aromatic heterocycles. The molecule has 2 N–H and O–H groups in total. The van der Waals surface area contributed by atoms with E-state index in [1.54, 1.807) is 5.41 Å². The van der Waals surface area contributed by atoms with Crippen molar-refractivity contribution in [2.45, 2.75) is 6.42 Å². The number of hydrogen-bond acceptors (Lipinski definition) is 3. The van der Waals surface area contributed by atoms with Gasteiger partial charge in [-0.15, -0.1) is 11.8 Å². The first kappa shape index (κ1) is 10.8. The Labute approximate surface area is 80.5 Å². The van der Waals surface area contributed by atoms with E-state index in [4.69, 9.17) is 5.11 Å². The van der Waals surface area contributed by atoms with Crippen molar-refractivity contribution in [2.75, 3.05) is 12.4 Å². The van der Waals surface area contributed by atoms with Gasteiger partial charge in [-0.25, -0.2) is 0 Å². The summed E-state index contributed by atoms with van der Waals surface area (Å²) in [6.45, 7) is 1.24. The van der Waals surface area contributed by atoms with Gasteiger partial charge in [-0.1, -0.05) is 0 Å². The number of rotatable bonds is 2. The zero-order valence-electron chi connectivity index (χ0n) is 7.14. The van der Waals surface area contributed by atoms with Crippen molar-refractivity contribution in [1.29, 1.82) is 0 Å². The van der Waals surface area contributed by atoms with Crippen LogP contribution in [0.15, 0.2) is 10.7 Å². The third-order valence-corrected chi connectivity index (χ3v) is 4.45. The summed E-state index contributed by atoms with van der Waals surface area (Å²) >= 11 is 1.29. The minimum absolute atomic E-state index is 0.201. The Bertz CT molecular complexity index is 293. The highest BCUT2D eigenvalue weighted by molar-refractivity contribution is 8.02. The van der Waals surface area contributed by atoms with E-state index in [-0.39, 0.29) is 6.42 Å². The molecule has 1 heterocycles. The second-order valence-electron chi connectivity index (χ2n) is 3.06. The van der Waals surface area contributed by atoms with Crippen LogP contribution in [0, 0.1) is 5.92 Å². The molecule has 1 aliphatic heterocycles. The molecule has 13 heavy (non-hydrogen) atoms. The van der Waals surface area contributed by atoms with Gasteiger partial charge in [0.2, 0.25) is 7.37 Å². The summed E-state index contributed by atoms with van der Waals surface area (Å²) in [4.78, 5) is 19.8. The average Bonchev–Trinajstić information content (AvgIpc) is 2.03. The Kier molecular flexibility index (Phi) is 3.22. The topological polar surface area (TPSA) is 74.6 Å². The summed E-state index contributed by atoms with van der Waals surface area (Å²) in [7, 11) is -3.24. The molecule has 2 atom stereocenters. The number of aliphatic carboxylic acids is 1. The fraction of sp³-hybridized carbons (Fsp3) is 0.571. The highest BCUT2D eigenvalue weighted by atomic mass is 32.2. The van der Waals surface area contributed by atoms with Gasteiger partial charge in [0.1, 0.15) is 0 Å². The van der Waals surface area contributed by atoms with E-state index in [2.05, 4.69) is 0 Å². The molecule has 1 unspecified atom stereocenters. The lowest BCUT2D eigenvalue weighted by Gasteiger charge is -2.20. The van der Waals surface area contributed by atoms with Gasteiger partial charge in [0.25, 0.3) is 0 Å². The molecule has 0 spiro atoms. The quantitative estimate of drug-likeness (QED) is 0.693. The first-order valence-corrected chi connectivity index (χ1v) is 6.91. The predicted octanol–water partition coefficient (Wildman–Crippen LogP) is 1.57. The summed E-state index contributed by atoms with van der Waals surface area (Å²) in [5, 5.41) is 10.7. The van der Waals surface area contributed by atoms with Crippen LogP contribution in [0.25, 0.3) is 0 Å². The molecule has 6 heteroatoms. The highest BCUT2D eigenvalue weighted by Gasteiger charge is 2.28. The summed E-state index contributed by atoms with van der Waals surface area (Å²) in [5.74, 6) is -0.935. The van der Waals surface area contributed by atoms with Gasteiger partial charge in [-0.05, 0) is 11.8 Å². The molecular formula is C7H11O4PS. The Balaban J connectivity index is 2.76. The van der Waals surface area contributed by atoms with Crippen molar-refractivity contribution >= 4 is 25.1 Å². The Morgan fingerprint density at radius 1 is 1.77 bits per heavy atom. The summed E-state index contributed by atoms with van der Waals surface area (Å²) < 4.78 is 11.2. The van der Waals surface area contributed by atoms with Crippen LogP contribution in [0.3, 0.4) is 0 Å². The standard InChI is InChI=1S/C7H11O4PS/c1-12(10,11)6-2-5(7(8)9)3-13-4-6/h4-5H,2-3H2,1H3,(H,8,9)(H,10,11)/t5-/m0/s1. The Morgan fingerprint density at radius 3 is 2.85 bits per heavy atom. The third-order valence-electron chi connectivity index (χ3n) is 1.85. The molecular weight excluding hydrogens is 211 g/mol. The largest absolute Gasteiger partial charge is 0.481 e. The lowest BCUT2D eigenvalue weighted by atomic mass is 10.1. The van der Waals surface area contributed by atoms with E-state index in [1.807, 2.05) is 0 Å². The van der Waals surface area contributed by atoms with Gasteiger partial charge < -0.3 is 10.00 Å². The summed E-state index contributed by atoms with van der Waals surface area (Å²) in [6.07, 6.45) is 0.201. The van der Waals surface area contributed by atoms with Crippen molar-refractivity contribution in [3.05, 3.63) is 10.7 Å². The van der Waals surface area contributed by atoms with Crippen molar-refractivity contribution in [2.24, 2.45) is 5.92 Å². The number of carbonyl (C=O) groups is 1. The van der Waals surface area contributed by atoms with Crippen LogP contribution >= 0.6 is 19.1 Å². The zero-order valence-corrected chi connectivity index (χ0v) is 8.85. The number of carboxylic acids is 1. The van der Waals surface area contributed by atoms with Crippen LogP contribution in [0.1, 0.15) is 6.42 Å². The first-order chi connectivity index (χ1) is 5.91. The van der Waals surface area contributed by atoms with Gasteiger partial charge in [-0.3, -0.25) is 9.36 Å². The molecule has 0 radical (unpaired) electrons. The smallest absolute Gasteiger partial charge is 0.307 e. The molecule has 74 valence electrons. The summed E-state index contributed by atoms with van der Waals surface area (Å²) in [6, 6.07) is 0. The molecule has 0 fully saturated rings. The van der Waals surface area contributed by atoms with Crippen LogP contribution in [0.2, 0.25) is 0 Å². The normalized spacial score (nSPS) is 27.5. The Hall–Kier alpha value is -0.250. The third kappa shape index (κ3) is 2.86. The van der Waals surface area contributed by atoms with Gasteiger partial charge in [-0.2, -0.15) is 0 Å². The molecule has 0 aromatic carbocycles. The summed E-state index contributed by atoms with van der Waals surface area (Å²) in [5.41, 5.74) is 0. The van der Waals surface area contributed by atoms with Gasteiger partial charge >= 0.3 is 5.97 Å². The SMILES string of the molecule is CP(=O)(O)C1=CSC[C@@H](C(=O)O)C1. The van der Waals surface area contributed by atoms with Crippen molar-refractivity contribution in [1.82, 2.24) is 0 Å². The van der Waals surface area contributed by atoms with Crippen LogP contribution in [0.4, 0.5) is 0 Å². The minimum Gasteiger partial charge on any atom is -0.481 e. The van der Waals surface area contributed by atoms with Crippen molar-refractivity contribution in [3.8, 4) is 0 Å². The molecule has 0 saturated heterocycles. The fourth-order valence-electron chi connectivity index (χ4n) is 1.05. The van der Waals surface area contributed by atoms with Crippen LogP contribution < -0.4 is 0 Å². The van der Waals surface area contributed by atoms with E-state index in [0.717, 1.165) is 0 Å². The van der Waals surface area contributed by atoms with Gasteiger partial charge in [0.05, 0.1) is 5.92 Å². The number of thioether (sulfide) groups is 1. The van der Waals surface area contributed by atoms with E-state index >= 15 is 0 Å². The maximum atomic E-state index is 11.2. The average molecular weight is 222 g/mol. The lowest BCUT2D eigenvalue weighted by molar-refractivity contribution is -0.140. The van der Waals surface area contributed by atoms with Crippen molar-refractivity contribution < 1.29 is 19.4 Å². The van der Waals surface area contributed by atoms with E-state index < -0.39 is 19.3 Å². The molecule has 0 bridgehead atoms. The van der Waals surface area contributed by atoms with Crippen molar-refractivity contribution in [3.63, 3.8) is 0 Å². The molecule has 1 aliphatic rings. The fourth-order valence-corrected chi connectivity index (χ4v) is 3.49. The maximum absolute atomic E-state index is 11.2. The second kappa shape index (κ2) is 3.86. The minimum atomic E-state index is -3.24. The molecule has 0 aromatic rings. The monoisotopic (exact) mass is 222 g/mol. The van der Waals surface area contributed by atoms with Crippen LogP contribution in [0.5, 0.6) is 0 Å². The lowest BCUT2D eigenvalue weighted by Crippen LogP contribution is -2.19. The predicted molar refractivity (Wildman–Crippen MR) is 52.0 cm³/mol. The molecule has 4 nitrogen and oxygen atoms in total. The number of carboxylic acid groups (broad SMARTS) is 1. The molecule has 1 rings (SSSR count). The van der Waals surface area contributed by atoms with Crippen LogP contribution in [-0.4, -0.2) is 28.4 Å². The van der Waals surface area contributed by atoms with Gasteiger partial charge in [0, 0.05) is 17.7 Å². The Morgan fingerprint density at radius 2 is 2.38 bits per heavy atom. The first-order valence-electron chi connectivity index (χ1n) is 3.75. The van der Waals surface area contributed by atoms with Crippen LogP contribution in [-0.2, 0) is 9.36 Å².